The number of anilines is 1. The van der Waals surface area contributed by atoms with Crippen molar-refractivity contribution in [2.24, 2.45) is 0 Å². The van der Waals surface area contributed by atoms with Crippen molar-refractivity contribution >= 4 is 17.5 Å². The van der Waals surface area contributed by atoms with Crippen LogP contribution in [0, 0.1) is 0 Å². The molecule has 0 aromatic heterocycles. The van der Waals surface area contributed by atoms with E-state index in [4.69, 9.17) is 4.74 Å². The van der Waals surface area contributed by atoms with Gasteiger partial charge in [-0.15, -0.1) is 0 Å². The maximum Gasteiger partial charge on any atom is 0.416 e. The quantitative estimate of drug-likeness (QED) is 0.718. The second-order valence-electron chi connectivity index (χ2n) is 5.24. The van der Waals surface area contributed by atoms with E-state index >= 15 is 0 Å². The van der Waals surface area contributed by atoms with Crippen LogP contribution in [0.3, 0.4) is 0 Å². The van der Waals surface area contributed by atoms with Gasteiger partial charge in [0.25, 0.3) is 0 Å². The fourth-order valence-electron chi connectivity index (χ4n) is 1.99. The van der Waals surface area contributed by atoms with Gasteiger partial charge in [0.2, 0.25) is 0 Å². The molecule has 23 heavy (non-hydrogen) atoms. The van der Waals surface area contributed by atoms with Gasteiger partial charge in [-0.1, -0.05) is 0 Å². The van der Waals surface area contributed by atoms with Gasteiger partial charge in [0.15, 0.2) is 0 Å². The van der Waals surface area contributed by atoms with Crippen LogP contribution in [0.1, 0.15) is 12.0 Å². The number of hydrogen-bond donors (Lipinski definition) is 3. The number of carbonyl (C=O) groups is 2. The first-order valence-electron chi connectivity index (χ1n) is 6.76. The van der Waals surface area contributed by atoms with Crippen molar-refractivity contribution in [3.63, 3.8) is 0 Å². The number of hydrogen-bond acceptors (Lipinski definition) is 4. The predicted octanol–water partition coefficient (Wildman–Crippen LogP) is 0.911. The van der Waals surface area contributed by atoms with E-state index in [1.54, 1.807) is 0 Å². The van der Waals surface area contributed by atoms with Crippen LogP contribution in [-0.4, -0.2) is 42.3 Å². The van der Waals surface area contributed by atoms with E-state index in [0.29, 0.717) is 13.0 Å². The van der Waals surface area contributed by atoms with E-state index in [-0.39, 0.29) is 18.8 Å². The summed E-state index contributed by atoms with van der Waals surface area (Å²) in [4.78, 5) is 23.3. The van der Waals surface area contributed by atoms with Gasteiger partial charge in [-0.05, 0) is 24.3 Å². The number of aliphatic hydroxyl groups is 1. The Kier molecular flexibility index (Phi) is 4.90. The standard InChI is InChI=1S/C14H15F3N2O4/c15-14(16,17)9-1-3-10(4-2-9)19-12(21)11(20)18-7-13(22)5-6-23-8-13/h1-4,22H,5-8H2,(H,18,20)(H,19,21). The highest BCUT2D eigenvalue weighted by molar-refractivity contribution is 6.39. The van der Waals surface area contributed by atoms with Gasteiger partial charge in [-0.2, -0.15) is 13.2 Å². The molecule has 1 fully saturated rings. The summed E-state index contributed by atoms with van der Waals surface area (Å²) in [6.07, 6.45) is -4.13. The highest BCUT2D eigenvalue weighted by Crippen LogP contribution is 2.29. The molecule has 1 heterocycles. The number of amides is 2. The first-order chi connectivity index (χ1) is 10.7. The largest absolute Gasteiger partial charge is 0.416 e. The minimum atomic E-state index is -4.47. The van der Waals surface area contributed by atoms with E-state index < -0.39 is 29.2 Å². The Morgan fingerprint density at radius 3 is 2.39 bits per heavy atom. The summed E-state index contributed by atoms with van der Waals surface area (Å²) < 4.78 is 42.2. The first kappa shape index (κ1) is 17.2. The van der Waals surface area contributed by atoms with E-state index in [2.05, 4.69) is 10.6 Å². The van der Waals surface area contributed by atoms with Crippen molar-refractivity contribution < 1.29 is 32.6 Å². The SMILES string of the molecule is O=C(NCC1(O)CCOC1)C(=O)Nc1ccc(C(F)(F)F)cc1. The maximum absolute atomic E-state index is 12.4. The number of alkyl halides is 3. The average molecular weight is 332 g/mol. The van der Waals surface area contributed by atoms with Gasteiger partial charge in [-0.3, -0.25) is 9.59 Å². The molecule has 2 amide bonds. The summed E-state index contributed by atoms with van der Waals surface area (Å²) in [7, 11) is 0. The fraction of sp³-hybridized carbons (Fsp3) is 0.429. The van der Waals surface area contributed by atoms with Crippen LogP contribution in [0.25, 0.3) is 0 Å². The second-order valence-corrected chi connectivity index (χ2v) is 5.24. The summed E-state index contributed by atoms with van der Waals surface area (Å²) in [6, 6.07) is 3.69. The number of benzene rings is 1. The van der Waals surface area contributed by atoms with Crippen LogP contribution >= 0.6 is 0 Å². The number of carbonyl (C=O) groups excluding carboxylic acids is 2. The molecule has 1 aliphatic heterocycles. The predicted molar refractivity (Wildman–Crippen MR) is 73.5 cm³/mol. The highest BCUT2D eigenvalue weighted by Gasteiger charge is 2.33. The molecular formula is C14H15F3N2O4. The minimum Gasteiger partial charge on any atom is -0.386 e. The maximum atomic E-state index is 12.4. The van der Waals surface area contributed by atoms with E-state index in [9.17, 15) is 27.9 Å². The Labute approximate surface area is 129 Å². The molecule has 3 N–H and O–H groups in total. The summed E-state index contributed by atoms with van der Waals surface area (Å²) in [5.74, 6) is -2.03. The Morgan fingerprint density at radius 2 is 1.87 bits per heavy atom. The van der Waals surface area contributed by atoms with Gasteiger partial charge in [-0.25, -0.2) is 0 Å². The van der Waals surface area contributed by atoms with E-state index in [1.165, 1.54) is 0 Å². The van der Waals surface area contributed by atoms with Gasteiger partial charge in [0.05, 0.1) is 12.2 Å². The zero-order chi connectivity index (χ0) is 17.1. The average Bonchev–Trinajstić information content (AvgIpc) is 2.91. The summed E-state index contributed by atoms with van der Waals surface area (Å²) >= 11 is 0. The lowest BCUT2D eigenvalue weighted by atomic mass is 10.0. The molecule has 0 saturated carbocycles. The summed E-state index contributed by atoms with van der Waals surface area (Å²) in [5, 5.41) is 14.4. The van der Waals surface area contributed by atoms with E-state index in [1.807, 2.05) is 0 Å². The molecule has 1 unspecified atom stereocenters. The minimum absolute atomic E-state index is 0.0565. The zero-order valence-corrected chi connectivity index (χ0v) is 11.9. The molecule has 2 rings (SSSR count). The Morgan fingerprint density at radius 1 is 1.22 bits per heavy atom. The van der Waals surface area contributed by atoms with Crippen molar-refractivity contribution in [2.45, 2.75) is 18.2 Å². The number of nitrogens with one attached hydrogen (secondary N) is 2. The van der Waals surface area contributed by atoms with Crippen LogP contribution in [0.15, 0.2) is 24.3 Å². The highest BCUT2D eigenvalue weighted by atomic mass is 19.4. The van der Waals surface area contributed by atoms with E-state index in [0.717, 1.165) is 24.3 Å². The van der Waals surface area contributed by atoms with Crippen LogP contribution < -0.4 is 10.6 Å². The lowest BCUT2D eigenvalue weighted by molar-refractivity contribution is -0.137. The van der Waals surface area contributed by atoms with Crippen molar-refractivity contribution in [1.29, 1.82) is 0 Å². The third-order valence-electron chi connectivity index (χ3n) is 3.34. The lowest BCUT2D eigenvalue weighted by Gasteiger charge is -2.20. The molecule has 1 aliphatic rings. The third-order valence-corrected chi connectivity index (χ3v) is 3.34. The number of rotatable bonds is 3. The van der Waals surface area contributed by atoms with Crippen LogP contribution in [0.4, 0.5) is 18.9 Å². The molecule has 0 bridgehead atoms. The molecule has 0 spiro atoms. The first-order valence-corrected chi connectivity index (χ1v) is 6.76. The van der Waals surface area contributed by atoms with Crippen molar-refractivity contribution in [3.8, 4) is 0 Å². The van der Waals surface area contributed by atoms with Gasteiger partial charge >= 0.3 is 18.0 Å². The molecule has 1 aromatic rings. The third kappa shape index (κ3) is 4.67. The molecule has 126 valence electrons. The smallest absolute Gasteiger partial charge is 0.386 e. The molecule has 1 atom stereocenters. The molecule has 0 radical (unpaired) electrons. The molecule has 6 nitrogen and oxygen atoms in total. The molecular weight excluding hydrogens is 317 g/mol. The van der Waals surface area contributed by atoms with Gasteiger partial charge in [0.1, 0.15) is 5.60 Å². The normalized spacial score (nSPS) is 21.0. The molecule has 9 heteroatoms. The summed E-state index contributed by atoms with van der Waals surface area (Å²) in [5.41, 5.74) is -2.01. The van der Waals surface area contributed by atoms with Gasteiger partial charge in [0, 0.05) is 25.3 Å². The van der Waals surface area contributed by atoms with Crippen LogP contribution in [-0.2, 0) is 20.5 Å². The van der Waals surface area contributed by atoms with Crippen molar-refractivity contribution in [2.75, 3.05) is 25.1 Å². The number of ether oxygens (including phenoxy) is 1. The Bertz CT molecular complexity index is 581. The van der Waals surface area contributed by atoms with Crippen molar-refractivity contribution in [3.05, 3.63) is 29.8 Å². The summed E-state index contributed by atoms with van der Waals surface area (Å²) in [6.45, 7) is 0.282. The van der Waals surface area contributed by atoms with Gasteiger partial charge < -0.3 is 20.5 Å². The monoisotopic (exact) mass is 332 g/mol. The topological polar surface area (TPSA) is 87.7 Å². The number of halogens is 3. The molecule has 1 aromatic carbocycles. The molecule has 0 aliphatic carbocycles. The zero-order valence-electron chi connectivity index (χ0n) is 11.9. The molecule has 1 saturated heterocycles. The lowest BCUT2D eigenvalue weighted by Crippen LogP contribution is -2.46. The van der Waals surface area contributed by atoms with Crippen molar-refractivity contribution in [1.82, 2.24) is 5.32 Å². The Balaban J connectivity index is 1.87. The second kappa shape index (κ2) is 6.55. The van der Waals surface area contributed by atoms with Crippen LogP contribution in [0.5, 0.6) is 0 Å². The fourth-order valence-corrected chi connectivity index (χ4v) is 1.99. The van der Waals surface area contributed by atoms with Crippen LogP contribution in [0.2, 0.25) is 0 Å². The Hall–Kier alpha value is -2.13.